The molecule has 0 heterocycles. The van der Waals surface area contributed by atoms with Crippen LogP contribution in [0.3, 0.4) is 0 Å². The van der Waals surface area contributed by atoms with Crippen molar-refractivity contribution in [2.45, 2.75) is 39.7 Å². The van der Waals surface area contributed by atoms with Crippen molar-refractivity contribution in [1.29, 1.82) is 0 Å². The maximum atomic E-state index is 12.0. The fraction of sp³-hybridized carbons (Fsp3) is 0.276. The van der Waals surface area contributed by atoms with Crippen LogP contribution in [0.4, 0.5) is 0 Å². The summed E-state index contributed by atoms with van der Waals surface area (Å²) in [5.41, 5.74) is 6.82. The lowest BCUT2D eigenvalue weighted by molar-refractivity contribution is -0.158. The van der Waals surface area contributed by atoms with Gasteiger partial charge in [-0.25, -0.2) is 4.79 Å². The van der Waals surface area contributed by atoms with Crippen LogP contribution in [0, 0.1) is 0 Å². The molecular weight excluding hydrogens is 412 g/mol. The van der Waals surface area contributed by atoms with Gasteiger partial charge in [0.25, 0.3) is 0 Å². The van der Waals surface area contributed by atoms with Gasteiger partial charge in [-0.15, -0.1) is 0 Å². The highest BCUT2D eigenvalue weighted by Crippen LogP contribution is 2.37. The van der Waals surface area contributed by atoms with Gasteiger partial charge in [0.1, 0.15) is 18.1 Å². The number of hydrogen-bond donors (Lipinski definition) is 0. The summed E-state index contributed by atoms with van der Waals surface area (Å²) >= 11 is 0. The third kappa shape index (κ3) is 5.11. The number of carbonyl (C=O) groups is 1. The molecule has 4 rings (SSSR count). The van der Waals surface area contributed by atoms with E-state index < -0.39 is 5.60 Å². The highest BCUT2D eigenvalue weighted by Gasteiger charge is 2.31. The molecule has 0 aromatic heterocycles. The third-order valence-corrected chi connectivity index (χ3v) is 5.85. The molecular formula is C29H30O4. The van der Waals surface area contributed by atoms with Crippen LogP contribution in [0.25, 0.3) is 16.7 Å². The first-order valence-electron chi connectivity index (χ1n) is 11.3. The molecule has 0 saturated carbocycles. The molecule has 170 valence electrons. The van der Waals surface area contributed by atoms with Crippen molar-refractivity contribution in [3.63, 3.8) is 0 Å². The summed E-state index contributed by atoms with van der Waals surface area (Å²) in [4.78, 5) is 12.0. The Kier molecular flexibility index (Phi) is 6.55. The summed E-state index contributed by atoms with van der Waals surface area (Å²) in [7, 11) is 0. The summed E-state index contributed by atoms with van der Waals surface area (Å²) < 4.78 is 16.7. The number of ether oxygens (including phenoxy) is 3. The van der Waals surface area contributed by atoms with Gasteiger partial charge < -0.3 is 14.2 Å². The van der Waals surface area contributed by atoms with E-state index in [-0.39, 0.29) is 5.97 Å². The maximum absolute atomic E-state index is 12.0. The van der Waals surface area contributed by atoms with E-state index in [9.17, 15) is 4.79 Å². The molecule has 33 heavy (non-hydrogen) atoms. The largest absolute Gasteiger partial charge is 0.490 e. The van der Waals surface area contributed by atoms with E-state index in [0.717, 1.165) is 12.2 Å². The highest BCUT2D eigenvalue weighted by atomic mass is 16.6. The van der Waals surface area contributed by atoms with Gasteiger partial charge in [0.2, 0.25) is 0 Å². The van der Waals surface area contributed by atoms with Gasteiger partial charge in [-0.1, -0.05) is 42.5 Å². The Hall–Kier alpha value is -3.53. The molecule has 3 aromatic carbocycles. The number of hydrogen-bond acceptors (Lipinski definition) is 4. The predicted octanol–water partition coefficient (Wildman–Crippen LogP) is 6.46. The molecule has 0 N–H and O–H groups in total. The second kappa shape index (κ2) is 9.53. The minimum absolute atomic E-state index is 0.324. The van der Waals surface area contributed by atoms with Gasteiger partial charge in [0, 0.05) is 0 Å². The topological polar surface area (TPSA) is 44.8 Å². The van der Waals surface area contributed by atoms with E-state index in [2.05, 4.69) is 55.5 Å². The summed E-state index contributed by atoms with van der Waals surface area (Å²) in [6.07, 6.45) is 3.09. The van der Waals surface area contributed by atoms with Crippen molar-refractivity contribution in [1.82, 2.24) is 0 Å². The number of rotatable bonds is 8. The Morgan fingerprint density at radius 1 is 0.939 bits per heavy atom. The molecule has 0 bridgehead atoms. The molecule has 1 aliphatic carbocycles. The first-order chi connectivity index (χ1) is 15.9. The molecule has 0 unspecified atom stereocenters. The molecule has 0 fully saturated rings. The van der Waals surface area contributed by atoms with Crippen molar-refractivity contribution < 1.29 is 19.0 Å². The monoisotopic (exact) mass is 442 g/mol. The zero-order chi connectivity index (χ0) is 23.4. The zero-order valence-electron chi connectivity index (χ0n) is 19.7. The molecule has 0 atom stereocenters. The normalized spacial score (nSPS) is 12.7. The van der Waals surface area contributed by atoms with Gasteiger partial charge in [-0.3, -0.25) is 0 Å². The Bertz CT molecular complexity index is 1170. The molecule has 0 aliphatic heterocycles. The lowest BCUT2D eigenvalue weighted by Crippen LogP contribution is -2.39. The average molecular weight is 443 g/mol. The fourth-order valence-corrected chi connectivity index (χ4v) is 4.02. The molecule has 1 aliphatic rings. The molecule has 4 nitrogen and oxygen atoms in total. The van der Waals surface area contributed by atoms with Crippen molar-refractivity contribution >= 4 is 11.5 Å². The second-order valence-electron chi connectivity index (χ2n) is 8.71. The lowest BCUT2D eigenvalue weighted by Gasteiger charge is -2.24. The smallest absolute Gasteiger partial charge is 0.349 e. The Balaban J connectivity index is 1.35. The van der Waals surface area contributed by atoms with E-state index in [1.165, 1.54) is 33.4 Å². The zero-order valence-corrected chi connectivity index (χ0v) is 19.7. The van der Waals surface area contributed by atoms with Crippen LogP contribution < -0.4 is 9.47 Å². The van der Waals surface area contributed by atoms with Crippen LogP contribution in [0.1, 0.15) is 44.4 Å². The number of benzene rings is 3. The van der Waals surface area contributed by atoms with Crippen LogP contribution in [0.15, 0.2) is 72.8 Å². The summed E-state index contributed by atoms with van der Waals surface area (Å²) in [6.45, 7) is 8.07. The van der Waals surface area contributed by atoms with E-state index in [0.29, 0.717) is 19.0 Å². The van der Waals surface area contributed by atoms with Gasteiger partial charge in [0.15, 0.2) is 5.60 Å². The number of fused-ring (bicyclic) bond motifs is 3. The maximum Gasteiger partial charge on any atom is 0.349 e. The molecule has 0 radical (unpaired) electrons. The van der Waals surface area contributed by atoms with Crippen molar-refractivity contribution in [3.8, 4) is 22.6 Å². The van der Waals surface area contributed by atoms with Crippen molar-refractivity contribution in [2.75, 3.05) is 13.2 Å². The predicted molar refractivity (Wildman–Crippen MR) is 132 cm³/mol. The van der Waals surface area contributed by atoms with E-state index in [4.69, 9.17) is 14.2 Å². The Morgan fingerprint density at radius 2 is 1.64 bits per heavy atom. The first kappa shape index (κ1) is 22.7. The van der Waals surface area contributed by atoms with Crippen LogP contribution >= 0.6 is 0 Å². The summed E-state index contributed by atoms with van der Waals surface area (Å²) in [5.74, 6) is 0.942. The fourth-order valence-electron chi connectivity index (χ4n) is 4.02. The van der Waals surface area contributed by atoms with E-state index in [1.54, 1.807) is 32.9 Å². The van der Waals surface area contributed by atoms with Gasteiger partial charge in [-0.2, -0.15) is 0 Å². The molecule has 3 aromatic rings. The highest BCUT2D eigenvalue weighted by molar-refractivity contribution is 5.80. The van der Waals surface area contributed by atoms with Crippen LogP contribution in [0.2, 0.25) is 0 Å². The molecule has 0 saturated heterocycles. The number of esters is 1. The van der Waals surface area contributed by atoms with E-state index in [1.807, 2.05) is 12.1 Å². The minimum atomic E-state index is -1.05. The average Bonchev–Trinajstić information content (AvgIpc) is 3.18. The Morgan fingerprint density at radius 3 is 2.39 bits per heavy atom. The summed E-state index contributed by atoms with van der Waals surface area (Å²) in [6, 6.07) is 22.6. The van der Waals surface area contributed by atoms with Crippen molar-refractivity contribution in [2.24, 2.45) is 0 Å². The quantitative estimate of drug-likeness (QED) is 0.294. The van der Waals surface area contributed by atoms with Crippen LogP contribution in [0.5, 0.6) is 11.5 Å². The van der Waals surface area contributed by atoms with Gasteiger partial charge in [-0.05, 0) is 97.8 Å². The van der Waals surface area contributed by atoms with Crippen molar-refractivity contribution in [3.05, 3.63) is 89.5 Å². The molecule has 0 spiro atoms. The SMILES string of the molecule is CCOC(=O)C(C)(C)Oc1ccc(OCC=C(C)c2ccc3c(c2)Cc2ccccc2-3)cc1. The number of carbonyl (C=O) groups excluding carboxylic acids is 1. The minimum Gasteiger partial charge on any atom is -0.490 e. The third-order valence-electron chi connectivity index (χ3n) is 5.85. The van der Waals surface area contributed by atoms with E-state index >= 15 is 0 Å². The van der Waals surface area contributed by atoms with Gasteiger partial charge in [0.05, 0.1) is 6.61 Å². The number of allylic oxidation sites excluding steroid dienone is 1. The summed E-state index contributed by atoms with van der Waals surface area (Å²) in [5, 5.41) is 0. The van der Waals surface area contributed by atoms with Crippen LogP contribution in [-0.2, 0) is 16.0 Å². The Labute approximate surface area is 195 Å². The second-order valence-corrected chi connectivity index (χ2v) is 8.71. The molecule has 4 heteroatoms. The van der Waals surface area contributed by atoms with Crippen LogP contribution in [-0.4, -0.2) is 24.8 Å². The lowest BCUT2D eigenvalue weighted by atomic mass is 10.00. The standard InChI is InChI=1S/C29H30O4/c1-5-31-28(30)29(3,4)33-25-13-11-24(12-14-25)32-17-16-20(2)21-10-15-27-23(18-21)19-22-8-6-7-9-26(22)27/h6-16,18H,5,17,19H2,1-4H3. The molecule has 0 amide bonds. The first-order valence-corrected chi connectivity index (χ1v) is 11.3. The van der Waals surface area contributed by atoms with Gasteiger partial charge >= 0.3 is 5.97 Å².